The van der Waals surface area contributed by atoms with Crippen molar-refractivity contribution in [3.05, 3.63) is 64.2 Å². The van der Waals surface area contributed by atoms with Crippen molar-refractivity contribution in [2.24, 2.45) is 5.73 Å². The van der Waals surface area contributed by atoms with Gasteiger partial charge in [0.05, 0.1) is 6.54 Å². The number of aryl methyl sites for hydroxylation is 1. The Labute approximate surface area is 124 Å². The maximum absolute atomic E-state index is 6.17. The SMILES string of the molecule is Cc1ccc(COc2ccc(C#CCN)cc2)c(Cl)c1. The summed E-state index contributed by atoms with van der Waals surface area (Å²) in [6, 6.07) is 13.6. The molecule has 0 aliphatic carbocycles. The van der Waals surface area contributed by atoms with E-state index in [1.54, 1.807) is 0 Å². The van der Waals surface area contributed by atoms with Crippen LogP contribution in [0.5, 0.6) is 5.75 Å². The Morgan fingerprint density at radius 3 is 2.55 bits per heavy atom. The fourth-order valence-corrected chi connectivity index (χ4v) is 2.01. The van der Waals surface area contributed by atoms with E-state index in [0.29, 0.717) is 13.2 Å². The monoisotopic (exact) mass is 285 g/mol. The summed E-state index contributed by atoms with van der Waals surface area (Å²) in [5.74, 6) is 6.57. The Balaban J connectivity index is 2.00. The third-order valence-corrected chi connectivity index (χ3v) is 3.14. The second-order valence-electron chi connectivity index (χ2n) is 4.41. The summed E-state index contributed by atoms with van der Waals surface area (Å²) < 4.78 is 5.71. The van der Waals surface area contributed by atoms with E-state index in [9.17, 15) is 0 Å². The van der Waals surface area contributed by atoms with Crippen LogP contribution in [0.2, 0.25) is 5.02 Å². The highest BCUT2D eigenvalue weighted by atomic mass is 35.5. The van der Waals surface area contributed by atoms with Crippen molar-refractivity contribution in [3.8, 4) is 17.6 Å². The van der Waals surface area contributed by atoms with E-state index in [2.05, 4.69) is 11.8 Å². The molecule has 2 aromatic carbocycles. The number of rotatable bonds is 3. The Bertz CT molecular complexity index is 638. The summed E-state index contributed by atoms with van der Waals surface area (Å²) in [7, 11) is 0. The highest BCUT2D eigenvalue weighted by Crippen LogP contribution is 2.20. The van der Waals surface area contributed by atoms with Crippen molar-refractivity contribution in [2.45, 2.75) is 13.5 Å². The molecule has 0 fully saturated rings. The van der Waals surface area contributed by atoms with Crippen LogP contribution >= 0.6 is 11.6 Å². The Hall–Kier alpha value is -1.95. The third kappa shape index (κ3) is 4.03. The molecule has 0 saturated carbocycles. The average molecular weight is 286 g/mol. The molecule has 0 aliphatic rings. The highest BCUT2D eigenvalue weighted by Gasteiger charge is 2.01. The second kappa shape index (κ2) is 7.00. The summed E-state index contributed by atoms with van der Waals surface area (Å²) >= 11 is 6.17. The van der Waals surface area contributed by atoms with E-state index in [0.717, 1.165) is 27.5 Å². The van der Waals surface area contributed by atoms with E-state index >= 15 is 0 Å². The van der Waals surface area contributed by atoms with Crippen LogP contribution in [0.3, 0.4) is 0 Å². The maximum atomic E-state index is 6.17. The minimum absolute atomic E-state index is 0.365. The van der Waals surface area contributed by atoms with Crippen molar-refractivity contribution >= 4 is 11.6 Å². The molecule has 2 N–H and O–H groups in total. The number of benzene rings is 2. The van der Waals surface area contributed by atoms with Gasteiger partial charge in [-0.3, -0.25) is 0 Å². The largest absolute Gasteiger partial charge is 0.489 e. The van der Waals surface area contributed by atoms with E-state index in [1.807, 2.05) is 49.4 Å². The van der Waals surface area contributed by atoms with Crippen molar-refractivity contribution in [1.82, 2.24) is 0 Å². The number of halogens is 1. The zero-order valence-electron chi connectivity index (χ0n) is 11.3. The average Bonchev–Trinajstić information content (AvgIpc) is 2.45. The summed E-state index contributed by atoms with van der Waals surface area (Å²) in [6.45, 7) is 2.83. The van der Waals surface area contributed by atoms with E-state index < -0.39 is 0 Å². The van der Waals surface area contributed by atoms with Crippen LogP contribution in [0.15, 0.2) is 42.5 Å². The number of hydrogen-bond acceptors (Lipinski definition) is 2. The summed E-state index contributed by atoms with van der Waals surface area (Å²) in [6.07, 6.45) is 0. The maximum Gasteiger partial charge on any atom is 0.119 e. The highest BCUT2D eigenvalue weighted by molar-refractivity contribution is 6.31. The van der Waals surface area contributed by atoms with Gasteiger partial charge in [-0.05, 0) is 42.8 Å². The lowest BCUT2D eigenvalue weighted by molar-refractivity contribution is 0.306. The van der Waals surface area contributed by atoms with Gasteiger partial charge < -0.3 is 10.5 Å². The molecule has 0 aromatic heterocycles. The molecule has 0 atom stereocenters. The van der Waals surface area contributed by atoms with Crippen LogP contribution < -0.4 is 10.5 Å². The normalized spacial score (nSPS) is 9.75. The van der Waals surface area contributed by atoms with Crippen LogP contribution in [0.1, 0.15) is 16.7 Å². The van der Waals surface area contributed by atoms with Gasteiger partial charge in [0.25, 0.3) is 0 Å². The zero-order chi connectivity index (χ0) is 14.4. The van der Waals surface area contributed by atoms with Gasteiger partial charge in [0, 0.05) is 16.1 Å². The van der Waals surface area contributed by atoms with Gasteiger partial charge >= 0.3 is 0 Å². The molecule has 0 amide bonds. The van der Waals surface area contributed by atoms with Crippen molar-refractivity contribution in [3.63, 3.8) is 0 Å². The lowest BCUT2D eigenvalue weighted by Crippen LogP contribution is -1.96. The molecular formula is C17H16ClNO. The molecule has 0 bridgehead atoms. The van der Waals surface area contributed by atoms with Gasteiger partial charge in [0.15, 0.2) is 0 Å². The van der Waals surface area contributed by atoms with Gasteiger partial charge in [-0.2, -0.15) is 0 Å². The van der Waals surface area contributed by atoms with Gasteiger partial charge in [0.2, 0.25) is 0 Å². The molecule has 3 heteroatoms. The van der Waals surface area contributed by atoms with Gasteiger partial charge in [-0.15, -0.1) is 0 Å². The van der Waals surface area contributed by atoms with Crippen LogP contribution in [0.25, 0.3) is 0 Å². The number of ether oxygens (including phenoxy) is 1. The van der Waals surface area contributed by atoms with Crippen molar-refractivity contribution in [1.29, 1.82) is 0 Å². The smallest absolute Gasteiger partial charge is 0.119 e. The van der Waals surface area contributed by atoms with Crippen LogP contribution in [-0.2, 0) is 6.61 Å². The molecule has 2 rings (SSSR count). The molecule has 0 heterocycles. The second-order valence-corrected chi connectivity index (χ2v) is 4.82. The standard InChI is InChI=1S/C17H16ClNO/c1-13-4-7-15(17(18)11-13)12-20-16-8-5-14(6-9-16)3-2-10-19/h4-9,11H,10,12,19H2,1H3. The number of nitrogens with two attached hydrogens (primary N) is 1. The molecule has 20 heavy (non-hydrogen) atoms. The molecule has 102 valence electrons. The van der Waals surface area contributed by atoms with Crippen molar-refractivity contribution < 1.29 is 4.74 Å². The minimum Gasteiger partial charge on any atom is -0.489 e. The molecule has 0 unspecified atom stereocenters. The topological polar surface area (TPSA) is 35.2 Å². The molecule has 0 spiro atoms. The minimum atomic E-state index is 0.365. The zero-order valence-corrected chi connectivity index (χ0v) is 12.1. The molecule has 0 radical (unpaired) electrons. The van der Waals surface area contributed by atoms with Crippen LogP contribution in [0, 0.1) is 18.8 Å². The summed E-state index contributed by atoms with van der Waals surface area (Å²) in [4.78, 5) is 0. The first-order chi connectivity index (χ1) is 9.69. The summed E-state index contributed by atoms with van der Waals surface area (Å²) in [5, 5.41) is 0.732. The predicted molar refractivity (Wildman–Crippen MR) is 82.9 cm³/mol. The lowest BCUT2D eigenvalue weighted by atomic mass is 10.1. The van der Waals surface area contributed by atoms with Crippen LogP contribution in [0.4, 0.5) is 0 Å². The van der Waals surface area contributed by atoms with Gasteiger partial charge in [0.1, 0.15) is 12.4 Å². The van der Waals surface area contributed by atoms with E-state index in [-0.39, 0.29) is 0 Å². The Kier molecular flexibility index (Phi) is 5.06. The first-order valence-corrected chi connectivity index (χ1v) is 6.73. The molecule has 2 aromatic rings. The van der Waals surface area contributed by atoms with Crippen molar-refractivity contribution in [2.75, 3.05) is 6.54 Å². The molecule has 0 aliphatic heterocycles. The number of hydrogen-bond donors (Lipinski definition) is 1. The predicted octanol–water partition coefficient (Wildman–Crippen LogP) is 3.54. The van der Waals surface area contributed by atoms with Gasteiger partial charge in [-0.25, -0.2) is 0 Å². The molecule has 2 nitrogen and oxygen atoms in total. The fraction of sp³-hybridized carbons (Fsp3) is 0.176. The summed E-state index contributed by atoms with van der Waals surface area (Å²) in [5.41, 5.74) is 8.38. The van der Waals surface area contributed by atoms with E-state index in [4.69, 9.17) is 22.1 Å². The quantitative estimate of drug-likeness (QED) is 0.876. The molecular weight excluding hydrogens is 270 g/mol. The van der Waals surface area contributed by atoms with E-state index in [1.165, 1.54) is 0 Å². The third-order valence-electron chi connectivity index (χ3n) is 2.79. The first-order valence-electron chi connectivity index (χ1n) is 6.36. The first kappa shape index (κ1) is 14.5. The molecule has 0 saturated heterocycles. The van der Waals surface area contributed by atoms with Crippen LogP contribution in [-0.4, -0.2) is 6.54 Å². The Morgan fingerprint density at radius 1 is 1.15 bits per heavy atom. The fourth-order valence-electron chi connectivity index (χ4n) is 1.72. The van der Waals surface area contributed by atoms with Gasteiger partial charge in [-0.1, -0.05) is 35.6 Å². The lowest BCUT2D eigenvalue weighted by Gasteiger charge is -2.08. The Morgan fingerprint density at radius 2 is 1.90 bits per heavy atom.